The molecule has 0 fully saturated rings. The minimum Gasteiger partial charge on any atom is -0.497 e. The summed E-state index contributed by atoms with van der Waals surface area (Å²) in [6, 6.07) is 7.34. The van der Waals surface area contributed by atoms with E-state index in [0.717, 1.165) is 20.3 Å². The van der Waals surface area contributed by atoms with Crippen molar-refractivity contribution in [2.75, 3.05) is 7.11 Å². The fourth-order valence-corrected chi connectivity index (χ4v) is 2.46. The zero-order chi connectivity index (χ0) is 13.8. The number of hydrogen-bond donors (Lipinski definition) is 0. The quantitative estimate of drug-likeness (QED) is 0.657. The highest BCUT2D eigenvalue weighted by Crippen LogP contribution is 2.34. The van der Waals surface area contributed by atoms with Crippen LogP contribution in [0, 0.1) is 0 Å². The average molecular weight is 407 g/mol. The van der Waals surface area contributed by atoms with Crippen molar-refractivity contribution >= 4 is 43.5 Å². The molecule has 0 spiro atoms. The summed E-state index contributed by atoms with van der Waals surface area (Å²) >= 11 is 12.7. The summed E-state index contributed by atoms with van der Waals surface area (Å²) in [5.41, 5.74) is 0.818. The van der Waals surface area contributed by atoms with E-state index in [4.69, 9.17) is 21.1 Å². The molecule has 0 radical (unpaired) electrons. The van der Waals surface area contributed by atoms with E-state index in [9.17, 15) is 0 Å². The van der Waals surface area contributed by atoms with Gasteiger partial charge in [-0.3, -0.25) is 0 Å². The van der Waals surface area contributed by atoms with Gasteiger partial charge in [-0.1, -0.05) is 0 Å². The number of pyridine rings is 1. The second-order valence-electron chi connectivity index (χ2n) is 3.65. The van der Waals surface area contributed by atoms with Crippen LogP contribution in [0.25, 0.3) is 0 Å². The monoisotopic (exact) mass is 405 g/mol. The van der Waals surface area contributed by atoms with Gasteiger partial charge in [0.25, 0.3) is 0 Å². The highest BCUT2D eigenvalue weighted by Gasteiger charge is 2.10. The molecule has 2 rings (SSSR count). The molecule has 0 N–H and O–H groups in total. The van der Waals surface area contributed by atoms with Crippen molar-refractivity contribution in [1.82, 2.24) is 4.98 Å². The van der Waals surface area contributed by atoms with E-state index in [2.05, 4.69) is 36.8 Å². The Morgan fingerprint density at radius 3 is 2.68 bits per heavy atom. The molecule has 0 atom stereocenters. The van der Waals surface area contributed by atoms with Crippen molar-refractivity contribution < 1.29 is 9.47 Å². The number of nitrogens with zero attached hydrogens (tertiary/aromatic N) is 1. The number of aromatic nitrogens is 1. The average Bonchev–Trinajstić information content (AvgIpc) is 2.42. The van der Waals surface area contributed by atoms with Crippen molar-refractivity contribution in [2.45, 2.75) is 5.88 Å². The first kappa shape index (κ1) is 14.6. The molecule has 0 bridgehead atoms. The number of methoxy groups -OCH3 is 1. The number of alkyl halides is 1. The smallest absolute Gasteiger partial charge is 0.223 e. The molecule has 100 valence electrons. The van der Waals surface area contributed by atoms with Gasteiger partial charge in [0, 0.05) is 16.2 Å². The zero-order valence-corrected chi connectivity index (χ0v) is 13.9. The highest BCUT2D eigenvalue weighted by molar-refractivity contribution is 9.10. The molecule has 19 heavy (non-hydrogen) atoms. The molecule has 3 nitrogen and oxygen atoms in total. The first-order valence-electron chi connectivity index (χ1n) is 5.36. The Hall–Kier alpha value is -0.780. The van der Waals surface area contributed by atoms with E-state index < -0.39 is 0 Å². The van der Waals surface area contributed by atoms with Gasteiger partial charge in [0.15, 0.2) is 0 Å². The first-order valence-corrected chi connectivity index (χ1v) is 7.48. The molecule has 1 aromatic carbocycles. The summed E-state index contributed by atoms with van der Waals surface area (Å²) in [5.74, 6) is 2.22. The molecule has 0 saturated carbocycles. The number of rotatable bonds is 4. The van der Waals surface area contributed by atoms with Crippen molar-refractivity contribution in [2.24, 2.45) is 0 Å². The lowest BCUT2D eigenvalue weighted by atomic mass is 10.3. The van der Waals surface area contributed by atoms with E-state index in [1.165, 1.54) is 0 Å². The summed E-state index contributed by atoms with van der Waals surface area (Å²) < 4.78 is 12.6. The Morgan fingerprint density at radius 1 is 1.26 bits per heavy atom. The van der Waals surface area contributed by atoms with Crippen molar-refractivity contribution in [1.29, 1.82) is 0 Å². The van der Waals surface area contributed by atoms with E-state index >= 15 is 0 Å². The number of halogens is 3. The summed E-state index contributed by atoms with van der Waals surface area (Å²) in [4.78, 5) is 4.22. The van der Waals surface area contributed by atoms with Crippen LogP contribution in [0.3, 0.4) is 0 Å². The molecule has 0 amide bonds. The van der Waals surface area contributed by atoms with Gasteiger partial charge in [-0.25, -0.2) is 4.98 Å². The lowest BCUT2D eigenvalue weighted by Crippen LogP contribution is -1.94. The second kappa shape index (κ2) is 6.59. The SMILES string of the molecule is COc1ccc(Oc2ncc(Br)cc2CCl)c(Br)c1. The van der Waals surface area contributed by atoms with E-state index in [1.807, 2.05) is 24.3 Å². The van der Waals surface area contributed by atoms with Crippen LogP contribution in [-0.2, 0) is 5.88 Å². The largest absolute Gasteiger partial charge is 0.497 e. The summed E-state index contributed by atoms with van der Waals surface area (Å²) in [7, 11) is 1.62. The van der Waals surface area contributed by atoms with Gasteiger partial charge in [0.2, 0.25) is 5.88 Å². The molecule has 0 aliphatic rings. The lowest BCUT2D eigenvalue weighted by molar-refractivity contribution is 0.411. The lowest BCUT2D eigenvalue weighted by Gasteiger charge is -2.11. The summed E-state index contributed by atoms with van der Waals surface area (Å²) in [6.45, 7) is 0. The van der Waals surface area contributed by atoms with Crippen LogP contribution in [0.5, 0.6) is 17.4 Å². The molecule has 0 aliphatic heterocycles. The fourth-order valence-electron chi connectivity index (χ4n) is 1.45. The molecule has 6 heteroatoms. The Kier molecular flexibility index (Phi) is 5.07. The minimum atomic E-state index is 0.329. The summed E-state index contributed by atoms with van der Waals surface area (Å²) in [6.07, 6.45) is 1.67. The molecule has 0 saturated heterocycles. The van der Waals surface area contributed by atoms with Crippen LogP contribution in [0.4, 0.5) is 0 Å². The van der Waals surface area contributed by atoms with Crippen LogP contribution in [0.2, 0.25) is 0 Å². The second-order valence-corrected chi connectivity index (χ2v) is 5.69. The Labute approximate surface area is 133 Å². The van der Waals surface area contributed by atoms with Gasteiger partial charge in [-0.05, 0) is 56.1 Å². The van der Waals surface area contributed by atoms with Crippen molar-refractivity contribution in [3.05, 3.63) is 45.0 Å². The van der Waals surface area contributed by atoms with Crippen LogP contribution in [0.15, 0.2) is 39.4 Å². The molecule has 0 aliphatic carbocycles. The molecular formula is C13H10Br2ClNO2. The van der Waals surface area contributed by atoms with Crippen LogP contribution in [0.1, 0.15) is 5.56 Å². The molecular weight excluding hydrogens is 397 g/mol. The maximum Gasteiger partial charge on any atom is 0.223 e. The standard InChI is InChI=1S/C13H10Br2ClNO2/c1-18-10-2-3-12(11(15)5-10)19-13-8(6-16)4-9(14)7-17-13/h2-5,7H,6H2,1H3. The van der Waals surface area contributed by atoms with Crippen molar-refractivity contribution in [3.63, 3.8) is 0 Å². The van der Waals surface area contributed by atoms with Gasteiger partial charge in [-0.15, -0.1) is 11.6 Å². The van der Waals surface area contributed by atoms with E-state index in [1.54, 1.807) is 13.3 Å². The first-order chi connectivity index (χ1) is 9.13. The van der Waals surface area contributed by atoms with Gasteiger partial charge >= 0.3 is 0 Å². The van der Waals surface area contributed by atoms with Gasteiger partial charge < -0.3 is 9.47 Å². The number of benzene rings is 1. The highest BCUT2D eigenvalue weighted by atomic mass is 79.9. The predicted octanol–water partition coefficient (Wildman–Crippen LogP) is 5.15. The molecule has 1 heterocycles. The normalized spacial score (nSPS) is 10.3. The minimum absolute atomic E-state index is 0.329. The Bertz CT molecular complexity index is 593. The van der Waals surface area contributed by atoms with Gasteiger partial charge in [0.1, 0.15) is 11.5 Å². The van der Waals surface area contributed by atoms with E-state index in [-0.39, 0.29) is 0 Å². The fraction of sp³-hybridized carbons (Fsp3) is 0.154. The third-order valence-electron chi connectivity index (χ3n) is 2.38. The molecule has 0 unspecified atom stereocenters. The van der Waals surface area contributed by atoms with Crippen LogP contribution >= 0.6 is 43.5 Å². The summed E-state index contributed by atoms with van der Waals surface area (Å²) in [5, 5.41) is 0. The maximum absolute atomic E-state index is 5.89. The van der Waals surface area contributed by atoms with E-state index in [0.29, 0.717) is 17.5 Å². The maximum atomic E-state index is 5.89. The zero-order valence-electron chi connectivity index (χ0n) is 9.99. The predicted molar refractivity (Wildman–Crippen MR) is 82.3 cm³/mol. The topological polar surface area (TPSA) is 31.4 Å². The molecule has 2 aromatic rings. The number of hydrogen-bond acceptors (Lipinski definition) is 3. The third kappa shape index (κ3) is 3.61. The number of ether oxygens (including phenoxy) is 2. The van der Waals surface area contributed by atoms with Crippen LogP contribution < -0.4 is 9.47 Å². The molecule has 1 aromatic heterocycles. The Morgan fingerprint density at radius 2 is 2.05 bits per heavy atom. The Balaban J connectivity index is 2.31. The third-order valence-corrected chi connectivity index (χ3v) is 3.72. The van der Waals surface area contributed by atoms with Crippen LogP contribution in [-0.4, -0.2) is 12.1 Å². The van der Waals surface area contributed by atoms with Gasteiger partial charge in [0.05, 0.1) is 17.5 Å². The van der Waals surface area contributed by atoms with Crippen molar-refractivity contribution in [3.8, 4) is 17.4 Å². The van der Waals surface area contributed by atoms with Gasteiger partial charge in [-0.2, -0.15) is 0 Å².